The molecule has 0 spiro atoms. The summed E-state index contributed by atoms with van der Waals surface area (Å²) in [5, 5.41) is 12.5. The lowest BCUT2D eigenvalue weighted by Crippen LogP contribution is -2.53. The Hall–Kier alpha value is -2.71. The fourth-order valence-electron chi connectivity index (χ4n) is 6.70. The van der Waals surface area contributed by atoms with Crippen molar-refractivity contribution in [2.45, 2.75) is 82.4 Å². The SMILES string of the molecule is Nc1ncc2c3ccc(N4CCN5CCCCCCCC5C4)cc3c(=O)n(C3CCC(O)CC3)c2n1. The van der Waals surface area contributed by atoms with Gasteiger partial charge in [-0.1, -0.05) is 31.7 Å². The molecule has 1 unspecified atom stereocenters. The Morgan fingerprint density at radius 2 is 1.67 bits per heavy atom. The van der Waals surface area contributed by atoms with E-state index in [1.807, 2.05) is 4.57 Å². The van der Waals surface area contributed by atoms with Gasteiger partial charge < -0.3 is 15.7 Å². The van der Waals surface area contributed by atoms with E-state index in [9.17, 15) is 9.90 Å². The van der Waals surface area contributed by atoms with Gasteiger partial charge in [-0.15, -0.1) is 0 Å². The third-order valence-electron chi connectivity index (χ3n) is 8.74. The Morgan fingerprint density at radius 1 is 0.861 bits per heavy atom. The lowest BCUT2D eigenvalue weighted by atomic mass is 9.92. The first-order valence-electron chi connectivity index (χ1n) is 13.9. The molecule has 4 heterocycles. The highest BCUT2D eigenvalue weighted by Gasteiger charge is 2.28. The molecule has 192 valence electrons. The molecule has 6 rings (SSSR count). The van der Waals surface area contributed by atoms with Crippen LogP contribution in [0, 0.1) is 0 Å². The smallest absolute Gasteiger partial charge is 0.260 e. The highest BCUT2D eigenvalue weighted by molar-refractivity contribution is 6.05. The van der Waals surface area contributed by atoms with Gasteiger partial charge in [0.25, 0.3) is 5.56 Å². The molecule has 3 aliphatic rings. The topological polar surface area (TPSA) is 101 Å². The highest BCUT2D eigenvalue weighted by Crippen LogP contribution is 2.33. The molecule has 3 N–H and O–H groups in total. The number of piperazine rings is 1. The van der Waals surface area contributed by atoms with E-state index in [0.29, 0.717) is 24.5 Å². The van der Waals surface area contributed by atoms with E-state index in [1.165, 1.54) is 45.1 Å². The van der Waals surface area contributed by atoms with Crippen molar-refractivity contribution in [3.63, 3.8) is 0 Å². The average molecular weight is 491 g/mol. The van der Waals surface area contributed by atoms with Crippen LogP contribution in [0.15, 0.2) is 29.2 Å². The van der Waals surface area contributed by atoms with Crippen molar-refractivity contribution in [2.75, 3.05) is 36.8 Å². The first-order chi connectivity index (χ1) is 17.6. The molecule has 3 aromatic rings. The number of nitrogen functional groups attached to an aromatic ring is 1. The molecule has 1 aliphatic carbocycles. The van der Waals surface area contributed by atoms with Crippen LogP contribution in [0.1, 0.15) is 70.3 Å². The number of nitrogens with two attached hydrogens (primary N) is 1. The maximum atomic E-state index is 14.0. The molecule has 2 aliphatic heterocycles. The molecule has 8 nitrogen and oxygen atoms in total. The monoisotopic (exact) mass is 490 g/mol. The summed E-state index contributed by atoms with van der Waals surface area (Å²) in [6.07, 6.45) is 12.3. The Bertz CT molecular complexity index is 1300. The zero-order chi connectivity index (χ0) is 24.6. The predicted molar refractivity (Wildman–Crippen MR) is 145 cm³/mol. The number of pyridine rings is 1. The van der Waals surface area contributed by atoms with Gasteiger partial charge in [0.1, 0.15) is 5.65 Å². The van der Waals surface area contributed by atoms with E-state index in [0.717, 1.165) is 54.3 Å². The second kappa shape index (κ2) is 9.98. The molecule has 8 heteroatoms. The maximum absolute atomic E-state index is 14.0. The lowest BCUT2D eigenvalue weighted by Gasteiger charge is -2.42. The Morgan fingerprint density at radius 3 is 2.53 bits per heavy atom. The van der Waals surface area contributed by atoms with Crippen LogP contribution in [-0.4, -0.2) is 62.9 Å². The summed E-state index contributed by atoms with van der Waals surface area (Å²) in [7, 11) is 0. The number of anilines is 2. The van der Waals surface area contributed by atoms with E-state index in [2.05, 4.69) is 38.0 Å². The zero-order valence-corrected chi connectivity index (χ0v) is 21.1. The molecular formula is C28H38N6O2. The van der Waals surface area contributed by atoms with Crippen LogP contribution < -0.4 is 16.2 Å². The largest absolute Gasteiger partial charge is 0.393 e. The van der Waals surface area contributed by atoms with Gasteiger partial charge in [-0.25, -0.2) is 4.98 Å². The van der Waals surface area contributed by atoms with E-state index in [-0.39, 0.29) is 23.7 Å². The van der Waals surface area contributed by atoms with Gasteiger partial charge in [0.15, 0.2) is 0 Å². The first kappa shape index (κ1) is 23.7. The summed E-state index contributed by atoms with van der Waals surface area (Å²) in [6, 6.07) is 6.91. The fraction of sp³-hybridized carbons (Fsp3) is 0.607. The van der Waals surface area contributed by atoms with Crippen LogP contribution >= 0.6 is 0 Å². The summed E-state index contributed by atoms with van der Waals surface area (Å²) < 4.78 is 1.83. The zero-order valence-electron chi connectivity index (χ0n) is 21.1. The predicted octanol–water partition coefficient (Wildman–Crippen LogP) is 3.85. The molecule has 1 aromatic carbocycles. The second-order valence-corrected chi connectivity index (χ2v) is 11.0. The Balaban J connectivity index is 1.39. The molecule has 1 atom stereocenters. The number of aliphatic hydroxyl groups excluding tert-OH is 1. The molecule has 0 bridgehead atoms. The Kier molecular flexibility index (Phi) is 6.56. The summed E-state index contributed by atoms with van der Waals surface area (Å²) in [5.41, 5.74) is 7.67. The van der Waals surface area contributed by atoms with Crippen LogP contribution in [0.5, 0.6) is 0 Å². The molecular weight excluding hydrogens is 452 g/mol. The number of aromatic nitrogens is 3. The van der Waals surface area contributed by atoms with E-state index in [1.54, 1.807) is 6.20 Å². The molecule has 0 amide bonds. The van der Waals surface area contributed by atoms with Gasteiger partial charge >= 0.3 is 0 Å². The quantitative estimate of drug-likeness (QED) is 0.526. The van der Waals surface area contributed by atoms with Crippen molar-refractivity contribution < 1.29 is 5.11 Å². The van der Waals surface area contributed by atoms with Crippen LogP contribution in [-0.2, 0) is 0 Å². The van der Waals surface area contributed by atoms with E-state index < -0.39 is 0 Å². The number of aliphatic hydroxyl groups is 1. The van der Waals surface area contributed by atoms with Crippen molar-refractivity contribution in [1.29, 1.82) is 0 Å². The standard InChI is InChI=1S/C28H38N6O2/c29-28-30-17-25-23-12-9-20(33-15-14-32-13-5-3-1-2-4-6-21(32)18-33)16-24(23)27(36)34(26(25)31-28)19-7-10-22(35)11-8-19/h9,12,16-17,19,21-22,35H,1-8,10-11,13-15,18H2,(H2,29,30,31). The highest BCUT2D eigenvalue weighted by atomic mass is 16.3. The average Bonchev–Trinajstić information content (AvgIpc) is 3.01. The van der Waals surface area contributed by atoms with Crippen LogP contribution in [0.4, 0.5) is 11.6 Å². The lowest BCUT2D eigenvalue weighted by molar-refractivity contribution is 0.111. The van der Waals surface area contributed by atoms with Crippen molar-refractivity contribution >= 4 is 33.4 Å². The molecule has 2 aromatic heterocycles. The fourth-order valence-corrected chi connectivity index (χ4v) is 6.70. The number of rotatable bonds is 2. The van der Waals surface area contributed by atoms with Crippen molar-refractivity contribution in [1.82, 2.24) is 19.4 Å². The van der Waals surface area contributed by atoms with E-state index >= 15 is 0 Å². The molecule has 1 saturated carbocycles. The number of fused-ring (bicyclic) bond motifs is 4. The maximum Gasteiger partial charge on any atom is 0.260 e. The molecule has 0 radical (unpaired) electrons. The number of hydrogen-bond donors (Lipinski definition) is 2. The van der Waals surface area contributed by atoms with Gasteiger partial charge in [0.2, 0.25) is 5.95 Å². The van der Waals surface area contributed by atoms with Crippen molar-refractivity contribution in [3.8, 4) is 0 Å². The summed E-state index contributed by atoms with van der Waals surface area (Å²) in [4.78, 5) is 27.9. The Labute approximate surface area is 212 Å². The van der Waals surface area contributed by atoms with Crippen LogP contribution in [0.3, 0.4) is 0 Å². The first-order valence-corrected chi connectivity index (χ1v) is 13.9. The van der Waals surface area contributed by atoms with Gasteiger partial charge in [0, 0.05) is 49.0 Å². The number of nitrogens with zero attached hydrogens (tertiary/aromatic N) is 5. The molecule has 36 heavy (non-hydrogen) atoms. The summed E-state index contributed by atoms with van der Waals surface area (Å²) >= 11 is 0. The second-order valence-electron chi connectivity index (χ2n) is 11.0. The number of benzene rings is 1. The van der Waals surface area contributed by atoms with Crippen molar-refractivity contribution in [3.05, 3.63) is 34.7 Å². The van der Waals surface area contributed by atoms with Crippen LogP contribution in [0.25, 0.3) is 21.8 Å². The third kappa shape index (κ3) is 4.45. The van der Waals surface area contributed by atoms with E-state index in [4.69, 9.17) is 5.73 Å². The minimum Gasteiger partial charge on any atom is -0.393 e. The van der Waals surface area contributed by atoms with Gasteiger partial charge in [0.05, 0.1) is 11.5 Å². The molecule has 2 saturated heterocycles. The minimum atomic E-state index is -0.286. The van der Waals surface area contributed by atoms with Crippen LogP contribution in [0.2, 0.25) is 0 Å². The third-order valence-corrected chi connectivity index (χ3v) is 8.74. The van der Waals surface area contributed by atoms with Gasteiger partial charge in [-0.05, 0) is 62.6 Å². The van der Waals surface area contributed by atoms with Crippen molar-refractivity contribution in [2.24, 2.45) is 0 Å². The summed E-state index contributed by atoms with van der Waals surface area (Å²) in [5.74, 6) is 0.176. The number of hydrogen-bond acceptors (Lipinski definition) is 7. The molecule has 3 fully saturated rings. The normalized spacial score (nSPS) is 26.4. The summed E-state index contributed by atoms with van der Waals surface area (Å²) in [6.45, 7) is 4.31. The van der Waals surface area contributed by atoms with Gasteiger partial charge in [-0.3, -0.25) is 14.3 Å². The van der Waals surface area contributed by atoms with Gasteiger partial charge in [-0.2, -0.15) is 4.98 Å². The minimum absolute atomic E-state index is 0.00756.